The van der Waals surface area contributed by atoms with Crippen LogP contribution < -0.4 is 0 Å². The summed E-state index contributed by atoms with van der Waals surface area (Å²) in [6.45, 7) is 7.67. The van der Waals surface area contributed by atoms with Crippen LogP contribution in [-0.2, 0) is 6.54 Å². The molecule has 4 heteroatoms. The number of aromatic nitrogens is 1. The van der Waals surface area contributed by atoms with E-state index in [4.69, 9.17) is 0 Å². The van der Waals surface area contributed by atoms with Crippen LogP contribution in [0.15, 0.2) is 24.3 Å². The van der Waals surface area contributed by atoms with Crippen molar-refractivity contribution in [1.82, 2.24) is 9.47 Å². The molecule has 124 valence electrons. The summed E-state index contributed by atoms with van der Waals surface area (Å²) in [6.07, 6.45) is 5.24. The van der Waals surface area contributed by atoms with Crippen LogP contribution in [0.25, 0.3) is 10.9 Å². The number of nitrogens with zero attached hydrogens (tertiary/aromatic N) is 2. The molecule has 23 heavy (non-hydrogen) atoms. The van der Waals surface area contributed by atoms with Gasteiger partial charge in [0, 0.05) is 29.2 Å². The fraction of sp³-hybridized carbons (Fsp3) is 0.526. The van der Waals surface area contributed by atoms with Crippen molar-refractivity contribution in [2.24, 2.45) is 0 Å². The molecule has 0 aliphatic carbocycles. The average Bonchev–Trinajstić information content (AvgIpc) is 2.66. The Hall–Kier alpha value is -1.81. The molecule has 3 rings (SSSR count). The summed E-state index contributed by atoms with van der Waals surface area (Å²) >= 11 is 0. The van der Waals surface area contributed by atoms with E-state index in [0.717, 1.165) is 17.4 Å². The largest absolute Gasteiger partial charge is 0.478 e. The second kappa shape index (κ2) is 6.75. The van der Waals surface area contributed by atoms with Gasteiger partial charge >= 0.3 is 5.97 Å². The molecular formula is C19H26N2O2. The fourth-order valence-electron chi connectivity index (χ4n) is 3.68. The van der Waals surface area contributed by atoms with Gasteiger partial charge in [0.05, 0.1) is 5.56 Å². The summed E-state index contributed by atoms with van der Waals surface area (Å²) in [6, 6.07) is 7.99. The zero-order valence-electron chi connectivity index (χ0n) is 14.1. The molecule has 0 bridgehead atoms. The number of carbonyl (C=O) groups is 1. The van der Waals surface area contributed by atoms with Crippen molar-refractivity contribution in [3.63, 3.8) is 0 Å². The van der Waals surface area contributed by atoms with Gasteiger partial charge in [0.2, 0.25) is 0 Å². The molecule has 4 nitrogen and oxygen atoms in total. The Morgan fingerprint density at radius 2 is 1.83 bits per heavy atom. The van der Waals surface area contributed by atoms with E-state index in [1.807, 2.05) is 6.07 Å². The van der Waals surface area contributed by atoms with Gasteiger partial charge in [-0.05, 0) is 64.0 Å². The molecule has 0 amide bonds. The van der Waals surface area contributed by atoms with E-state index in [0.29, 0.717) is 11.6 Å². The van der Waals surface area contributed by atoms with Crippen LogP contribution in [0.4, 0.5) is 0 Å². The number of carboxylic acids is 1. The number of likely N-dealkylation sites (tertiary alicyclic amines) is 1. The highest BCUT2D eigenvalue weighted by molar-refractivity contribution is 5.94. The van der Waals surface area contributed by atoms with Crippen molar-refractivity contribution in [1.29, 1.82) is 0 Å². The first-order valence-corrected chi connectivity index (χ1v) is 8.66. The number of hydrogen-bond donors (Lipinski definition) is 1. The molecule has 2 heterocycles. The van der Waals surface area contributed by atoms with E-state index in [-0.39, 0.29) is 0 Å². The zero-order valence-corrected chi connectivity index (χ0v) is 14.1. The third-order valence-electron chi connectivity index (χ3n) is 4.77. The van der Waals surface area contributed by atoms with Crippen LogP contribution >= 0.6 is 0 Å². The predicted octanol–water partition coefficient (Wildman–Crippen LogP) is 4.30. The van der Waals surface area contributed by atoms with Gasteiger partial charge < -0.3 is 9.67 Å². The Labute approximate surface area is 137 Å². The van der Waals surface area contributed by atoms with Crippen LogP contribution in [0.2, 0.25) is 0 Å². The Balaban J connectivity index is 1.97. The average molecular weight is 314 g/mol. The van der Waals surface area contributed by atoms with E-state index in [2.05, 4.69) is 29.4 Å². The molecule has 1 fully saturated rings. The van der Waals surface area contributed by atoms with Crippen LogP contribution in [-0.4, -0.2) is 33.6 Å². The summed E-state index contributed by atoms with van der Waals surface area (Å²) in [5, 5.41) is 10.2. The summed E-state index contributed by atoms with van der Waals surface area (Å²) in [4.78, 5) is 13.8. The van der Waals surface area contributed by atoms with Crippen molar-refractivity contribution < 1.29 is 9.90 Å². The topological polar surface area (TPSA) is 45.5 Å². The molecule has 1 aliphatic rings. The van der Waals surface area contributed by atoms with Gasteiger partial charge in [-0.1, -0.05) is 12.8 Å². The van der Waals surface area contributed by atoms with Crippen LogP contribution in [0.3, 0.4) is 0 Å². The van der Waals surface area contributed by atoms with Crippen LogP contribution in [0.5, 0.6) is 0 Å². The van der Waals surface area contributed by atoms with Crippen molar-refractivity contribution in [3.05, 3.63) is 35.5 Å². The highest BCUT2D eigenvalue weighted by atomic mass is 16.4. The molecule has 0 atom stereocenters. The van der Waals surface area contributed by atoms with E-state index < -0.39 is 5.97 Å². The molecule has 1 N–H and O–H groups in total. The Morgan fingerprint density at radius 3 is 2.43 bits per heavy atom. The highest BCUT2D eigenvalue weighted by Crippen LogP contribution is 2.27. The molecule has 1 aliphatic heterocycles. The van der Waals surface area contributed by atoms with E-state index in [1.165, 1.54) is 44.5 Å². The third kappa shape index (κ3) is 3.42. The minimum absolute atomic E-state index is 0.361. The van der Waals surface area contributed by atoms with Gasteiger partial charge in [0.1, 0.15) is 0 Å². The van der Waals surface area contributed by atoms with Crippen molar-refractivity contribution in [2.75, 3.05) is 13.1 Å². The predicted molar refractivity (Wildman–Crippen MR) is 93.0 cm³/mol. The lowest BCUT2D eigenvalue weighted by molar-refractivity contribution is 0.0697. The molecule has 2 aromatic rings. The molecular weight excluding hydrogens is 288 g/mol. The van der Waals surface area contributed by atoms with Gasteiger partial charge in [-0.2, -0.15) is 0 Å². The van der Waals surface area contributed by atoms with Gasteiger partial charge in [-0.15, -0.1) is 0 Å². The summed E-state index contributed by atoms with van der Waals surface area (Å²) in [5.41, 5.74) is 2.79. The van der Waals surface area contributed by atoms with E-state index in [1.54, 1.807) is 12.1 Å². The number of fused-ring (bicyclic) bond motifs is 1. The number of benzene rings is 1. The number of hydrogen-bond acceptors (Lipinski definition) is 2. The van der Waals surface area contributed by atoms with E-state index in [9.17, 15) is 9.90 Å². The van der Waals surface area contributed by atoms with Crippen LogP contribution in [0.1, 0.15) is 61.6 Å². The molecule has 1 saturated heterocycles. The first kappa shape index (κ1) is 16.1. The number of rotatable bonds is 4. The number of aromatic carboxylic acids is 1. The second-order valence-corrected chi connectivity index (χ2v) is 6.87. The maximum absolute atomic E-state index is 11.2. The van der Waals surface area contributed by atoms with Crippen molar-refractivity contribution >= 4 is 16.9 Å². The third-order valence-corrected chi connectivity index (χ3v) is 4.77. The fourth-order valence-corrected chi connectivity index (χ4v) is 3.68. The summed E-state index contributed by atoms with van der Waals surface area (Å²) < 4.78 is 2.35. The highest BCUT2D eigenvalue weighted by Gasteiger charge is 2.17. The lowest BCUT2D eigenvalue weighted by Gasteiger charge is -2.22. The summed E-state index contributed by atoms with van der Waals surface area (Å²) in [7, 11) is 0. The summed E-state index contributed by atoms with van der Waals surface area (Å²) in [5.74, 6) is -0.863. The van der Waals surface area contributed by atoms with Crippen LogP contribution in [0, 0.1) is 0 Å². The Morgan fingerprint density at radius 1 is 1.13 bits per heavy atom. The molecule has 0 saturated carbocycles. The normalized spacial score (nSPS) is 16.8. The minimum atomic E-state index is -0.863. The smallest absolute Gasteiger partial charge is 0.335 e. The molecule has 1 aromatic carbocycles. The van der Waals surface area contributed by atoms with Crippen molar-refractivity contribution in [3.8, 4) is 0 Å². The number of carboxylic acid groups (broad SMARTS) is 1. The van der Waals surface area contributed by atoms with E-state index >= 15 is 0 Å². The second-order valence-electron chi connectivity index (χ2n) is 6.87. The maximum atomic E-state index is 11.2. The minimum Gasteiger partial charge on any atom is -0.478 e. The van der Waals surface area contributed by atoms with Gasteiger partial charge in [0.15, 0.2) is 0 Å². The molecule has 0 radical (unpaired) electrons. The lowest BCUT2D eigenvalue weighted by Crippen LogP contribution is -2.25. The molecule has 0 spiro atoms. The molecule has 1 aromatic heterocycles. The SMILES string of the molecule is CC(C)n1c(CN2CCCCCC2)cc2cc(C(=O)O)ccc21. The maximum Gasteiger partial charge on any atom is 0.335 e. The van der Waals surface area contributed by atoms with Gasteiger partial charge in [-0.25, -0.2) is 4.79 Å². The molecule has 0 unspecified atom stereocenters. The quantitative estimate of drug-likeness (QED) is 0.915. The lowest BCUT2D eigenvalue weighted by atomic mass is 10.1. The first-order valence-electron chi connectivity index (χ1n) is 8.66. The Kier molecular flexibility index (Phi) is 4.71. The van der Waals surface area contributed by atoms with Gasteiger partial charge in [0.25, 0.3) is 0 Å². The van der Waals surface area contributed by atoms with Crippen molar-refractivity contribution in [2.45, 2.75) is 52.1 Å². The monoisotopic (exact) mass is 314 g/mol. The van der Waals surface area contributed by atoms with Gasteiger partial charge in [-0.3, -0.25) is 4.90 Å². The first-order chi connectivity index (χ1) is 11.1. The zero-order chi connectivity index (χ0) is 16.4. The Bertz CT molecular complexity index is 695. The standard InChI is InChI=1S/C19H26N2O2/c1-14(2)21-17(13-20-9-5-3-4-6-10-20)12-16-11-15(19(22)23)7-8-18(16)21/h7-8,11-12,14H,3-6,9-10,13H2,1-2H3,(H,22,23).